The highest BCUT2D eigenvalue weighted by Gasteiger charge is 2.47. The molecule has 0 atom stereocenters. The SMILES string of the molecule is CC(=O)N1CC2(CCCO2)C1. The van der Waals surface area contributed by atoms with Gasteiger partial charge in [-0.2, -0.15) is 0 Å². The second kappa shape index (κ2) is 2.21. The number of amides is 1. The maximum atomic E-state index is 10.8. The number of carbonyl (C=O) groups is 1. The first-order valence-electron chi connectivity index (χ1n) is 4.11. The van der Waals surface area contributed by atoms with Crippen molar-refractivity contribution in [1.82, 2.24) is 4.90 Å². The van der Waals surface area contributed by atoms with E-state index >= 15 is 0 Å². The number of rotatable bonds is 0. The van der Waals surface area contributed by atoms with E-state index in [4.69, 9.17) is 4.74 Å². The molecule has 2 fully saturated rings. The van der Waals surface area contributed by atoms with E-state index in [-0.39, 0.29) is 11.5 Å². The Labute approximate surface area is 66.3 Å². The van der Waals surface area contributed by atoms with Crippen molar-refractivity contribution in [3.05, 3.63) is 0 Å². The van der Waals surface area contributed by atoms with Gasteiger partial charge in [0.25, 0.3) is 0 Å². The van der Waals surface area contributed by atoms with Gasteiger partial charge in [-0.05, 0) is 12.8 Å². The molecule has 2 rings (SSSR count). The summed E-state index contributed by atoms with van der Waals surface area (Å²) in [4.78, 5) is 12.7. The molecule has 3 heteroatoms. The standard InChI is InChI=1S/C8H13NO2/c1-7(10)9-5-8(6-9)3-2-4-11-8/h2-6H2,1H3. The van der Waals surface area contributed by atoms with Gasteiger partial charge in [0.2, 0.25) is 5.91 Å². The fourth-order valence-electron chi connectivity index (χ4n) is 1.88. The normalized spacial score (nSPS) is 27.2. The molecule has 3 nitrogen and oxygen atoms in total. The van der Waals surface area contributed by atoms with Gasteiger partial charge in [0.15, 0.2) is 0 Å². The zero-order valence-electron chi connectivity index (χ0n) is 6.80. The number of carbonyl (C=O) groups excluding carboxylic acids is 1. The van der Waals surface area contributed by atoms with Crippen LogP contribution in [0.25, 0.3) is 0 Å². The molecule has 0 unspecified atom stereocenters. The summed E-state index contributed by atoms with van der Waals surface area (Å²) in [7, 11) is 0. The summed E-state index contributed by atoms with van der Waals surface area (Å²) in [6.07, 6.45) is 2.29. The van der Waals surface area contributed by atoms with E-state index in [0.29, 0.717) is 0 Å². The van der Waals surface area contributed by atoms with Gasteiger partial charge in [0.05, 0.1) is 13.1 Å². The van der Waals surface area contributed by atoms with Gasteiger partial charge in [0.1, 0.15) is 5.60 Å². The third-order valence-electron chi connectivity index (χ3n) is 2.59. The van der Waals surface area contributed by atoms with Crippen LogP contribution in [0.3, 0.4) is 0 Å². The van der Waals surface area contributed by atoms with Crippen LogP contribution in [-0.2, 0) is 9.53 Å². The number of hydrogen-bond acceptors (Lipinski definition) is 2. The monoisotopic (exact) mass is 155 g/mol. The summed E-state index contributed by atoms with van der Waals surface area (Å²) in [5.74, 6) is 0.172. The van der Waals surface area contributed by atoms with Crippen molar-refractivity contribution in [2.24, 2.45) is 0 Å². The van der Waals surface area contributed by atoms with Crippen molar-refractivity contribution in [3.63, 3.8) is 0 Å². The first kappa shape index (κ1) is 7.10. The van der Waals surface area contributed by atoms with Gasteiger partial charge in [-0.25, -0.2) is 0 Å². The van der Waals surface area contributed by atoms with Gasteiger partial charge < -0.3 is 9.64 Å². The quantitative estimate of drug-likeness (QED) is 0.506. The van der Waals surface area contributed by atoms with Crippen LogP contribution in [0.5, 0.6) is 0 Å². The molecule has 2 saturated heterocycles. The van der Waals surface area contributed by atoms with Crippen LogP contribution in [-0.4, -0.2) is 36.1 Å². The lowest BCUT2D eigenvalue weighted by Crippen LogP contribution is -2.62. The lowest BCUT2D eigenvalue weighted by molar-refractivity contribution is -0.155. The van der Waals surface area contributed by atoms with Crippen LogP contribution in [0.2, 0.25) is 0 Å². The molecule has 0 bridgehead atoms. The molecule has 2 aliphatic rings. The molecule has 0 saturated carbocycles. The summed E-state index contributed by atoms with van der Waals surface area (Å²) in [5.41, 5.74) is 0.0751. The highest BCUT2D eigenvalue weighted by Crippen LogP contribution is 2.34. The molecule has 0 aliphatic carbocycles. The molecule has 0 aromatic heterocycles. The third kappa shape index (κ3) is 1.03. The van der Waals surface area contributed by atoms with Crippen molar-refractivity contribution in [2.75, 3.05) is 19.7 Å². The van der Waals surface area contributed by atoms with E-state index in [2.05, 4.69) is 0 Å². The molecule has 0 N–H and O–H groups in total. The minimum Gasteiger partial charge on any atom is -0.371 e. The lowest BCUT2D eigenvalue weighted by atomic mass is 9.91. The minimum atomic E-state index is 0.0751. The number of likely N-dealkylation sites (tertiary alicyclic amines) is 1. The van der Waals surface area contributed by atoms with Crippen molar-refractivity contribution in [3.8, 4) is 0 Å². The summed E-state index contributed by atoms with van der Waals surface area (Å²) < 4.78 is 5.56. The molecule has 2 heterocycles. The average Bonchev–Trinajstić information content (AvgIpc) is 2.29. The molecule has 0 aromatic rings. The summed E-state index contributed by atoms with van der Waals surface area (Å²) >= 11 is 0. The molecule has 0 aromatic carbocycles. The molecule has 62 valence electrons. The van der Waals surface area contributed by atoms with Crippen molar-refractivity contribution >= 4 is 5.91 Å². The second-order valence-electron chi connectivity index (χ2n) is 3.51. The Hall–Kier alpha value is -0.570. The number of hydrogen-bond donors (Lipinski definition) is 0. The highest BCUT2D eigenvalue weighted by molar-refractivity contribution is 5.74. The van der Waals surface area contributed by atoms with Crippen LogP contribution in [0.4, 0.5) is 0 Å². The largest absolute Gasteiger partial charge is 0.371 e. The van der Waals surface area contributed by atoms with E-state index in [1.165, 1.54) is 0 Å². The van der Waals surface area contributed by atoms with Gasteiger partial charge in [0, 0.05) is 13.5 Å². The molecule has 2 aliphatic heterocycles. The first-order chi connectivity index (χ1) is 5.22. The Morgan fingerprint density at radius 3 is 2.73 bits per heavy atom. The van der Waals surface area contributed by atoms with Crippen LogP contribution < -0.4 is 0 Å². The molecule has 0 radical (unpaired) electrons. The van der Waals surface area contributed by atoms with E-state index in [9.17, 15) is 4.79 Å². The zero-order chi connectivity index (χ0) is 7.90. The number of nitrogens with zero attached hydrogens (tertiary/aromatic N) is 1. The van der Waals surface area contributed by atoms with Crippen molar-refractivity contribution in [2.45, 2.75) is 25.4 Å². The van der Waals surface area contributed by atoms with Crippen molar-refractivity contribution < 1.29 is 9.53 Å². The van der Waals surface area contributed by atoms with Crippen LogP contribution >= 0.6 is 0 Å². The molecular weight excluding hydrogens is 142 g/mol. The maximum absolute atomic E-state index is 10.8. The Balaban J connectivity index is 1.91. The predicted molar refractivity (Wildman–Crippen MR) is 40.2 cm³/mol. The van der Waals surface area contributed by atoms with Gasteiger partial charge in [-0.3, -0.25) is 4.79 Å². The van der Waals surface area contributed by atoms with Gasteiger partial charge in [-0.15, -0.1) is 0 Å². The van der Waals surface area contributed by atoms with Crippen molar-refractivity contribution in [1.29, 1.82) is 0 Å². The fraction of sp³-hybridized carbons (Fsp3) is 0.875. The van der Waals surface area contributed by atoms with E-state index in [1.807, 2.05) is 4.90 Å². The Morgan fingerprint density at radius 1 is 1.55 bits per heavy atom. The highest BCUT2D eigenvalue weighted by atomic mass is 16.5. The van der Waals surface area contributed by atoms with E-state index < -0.39 is 0 Å². The molecule has 1 spiro atoms. The summed E-state index contributed by atoms with van der Waals surface area (Å²) in [6.45, 7) is 4.14. The van der Waals surface area contributed by atoms with E-state index in [1.54, 1.807) is 6.92 Å². The summed E-state index contributed by atoms with van der Waals surface area (Å²) in [6, 6.07) is 0. The predicted octanol–water partition coefficient (Wildman–Crippen LogP) is 0.398. The zero-order valence-corrected chi connectivity index (χ0v) is 6.80. The Kier molecular flexibility index (Phi) is 1.42. The third-order valence-corrected chi connectivity index (χ3v) is 2.59. The topological polar surface area (TPSA) is 29.5 Å². The molecule has 11 heavy (non-hydrogen) atoms. The minimum absolute atomic E-state index is 0.0751. The van der Waals surface area contributed by atoms with Gasteiger partial charge in [-0.1, -0.05) is 0 Å². The van der Waals surface area contributed by atoms with Crippen LogP contribution in [0.15, 0.2) is 0 Å². The second-order valence-corrected chi connectivity index (χ2v) is 3.51. The maximum Gasteiger partial charge on any atom is 0.219 e. The lowest BCUT2D eigenvalue weighted by Gasteiger charge is -2.46. The number of ether oxygens (including phenoxy) is 1. The molecular formula is C8H13NO2. The smallest absolute Gasteiger partial charge is 0.219 e. The van der Waals surface area contributed by atoms with E-state index in [0.717, 1.165) is 32.5 Å². The van der Waals surface area contributed by atoms with Gasteiger partial charge >= 0.3 is 0 Å². The summed E-state index contributed by atoms with van der Waals surface area (Å²) in [5, 5.41) is 0. The molecule has 1 amide bonds. The first-order valence-corrected chi connectivity index (χ1v) is 4.11. The average molecular weight is 155 g/mol. The Bertz CT molecular complexity index is 177. The Morgan fingerprint density at radius 2 is 2.27 bits per heavy atom. The fourth-order valence-corrected chi connectivity index (χ4v) is 1.88. The van der Waals surface area contributed by atoms with Crippen LogP contribution in [0.1, 0.15) is 19.8 Å². The van der Waals surface area contributed by atoms with Crippen LogP contribution in [0, 0.1) is 0 Å².